The van der Waals surface area contributed by atoms with Gasteiger partial charge in [0.15, 0.2) is 5.71 Å². The normalized spacial score (nSPS) is 25.5. The zero-order valence-electron chi connectivity index (χ0n) is 6.32. The molecule has 4 nitrogen and oxygen atoms in total. The molecule has 1 heterocycles. The Morgan fingerprint density at radius 3 is 3.33 bits per heavy atom. The molecule has 2 N–H and O–H groups in total. The minimum Gasteiger partial charge on any atom is -0.476 e. The molecule has 0 saturated carbocycles. The highest BCUT2D eigenvalue weighted by Gasteiger charge is 2.29. The van der Waals surface area contributed by atoms with Crippen molar-refractivity contribution in [1.82, 2.24) is 5.43 Å². The Balaban J connectivity index is 2.34. The molecule has 2 aliphatic rings. The molecule has 0 aromatic heterocycles. The molecular formula is C8H8N2O2. The molecule has 1 aliphatic heterocycles. The van der Waals surface area contributed by atoms with Crippen molar-refractivity contribution >= 4 is 11.7 Å². The molecule has 0 saturated heterocycles. The Kier molecular flexibility index (Phi) is 1.46. The molecule has 2 rings (SSSR count). The van der Waals surface area contributed by atoms with Gasteiger partial charge in [0, 0.05) is 5.57 Å². The lowest BCUT2D eigenvalue weighted by atomic mass is 9.97. The Morgan fingerprint density at radius 1 is 1.75 bits per heavy atom. The van der Waals surface area contributed by atoms with Gasteiger partial charge in [-0.15, -0.1) is 0 Å². The fraction of sp³-hybridized carbons (Fsp3) is 0.250. The summed E-state index contributed by atoms with van der Waals surface area (Å²) in [6.45, 7) is 0. The first-order chi connectivity index (χ1) is 5.79. The molecule has 0 radical (unpaired) electrons. The number of hydrogen-bond acceptors (Lipinski definition) is 3. The number of hydrogen-bond donors (Lipinski definition) is 2. The van der Waals surface area contributed by atoms with Gasteiger partial charge in [0.25, 0.3) is 0 Å². The van der Waals surface area contributed by atoms with E-state index in [1.807, 2.05) is 12.2 Å². The van der Waals surface area contributed by atoms with Crippen LogP contribution in [0.5, 0.6) is 0 Å². The van der Waals surface area contributed by atoms with Crippen LogP contribution in [0.25, 0.3) is 0 Å². The second-order valence-corrected chi connectivity index (χ2v) is 2.73. The maximum Gasteiger partial charge on any atom is 0.356 e. The molecule has 12 heavy (non-hydrogen) atoms. The lowest BCUT2D eigenvalue weighted by Crippen LogP contribution is -2.24. The first kappa shape index (κ1) is 7.09. The highest BCUT2D eigenvalue weighted by Crippen LogP contribution is 2.19. The Bertz CT molecular complexity index is 315. The third-order valence-electron chi connectivity index (χ3n) is 1.97. The van der Waals surface area contributed by atoms with Crippen LogP contribution in [0.4, 0.5) is 0 Å². The van der Waals surface area contributed by atoms with Gasteiger partial charge in [-0.1, -0.05) is 18.2 Å². The molecule has 4 heteroatoms. The molecule has 0 spiro atoms. The van der Waals surface area contributed by atoms with E-state index in [4.69, 9.17) is 5.11 Å². The van der Waals surface area contributed by atoms with Gasteiger partial charge in [-0.2, -0.15) is 5.10 Å². The van der Waals surface area contributed by atoms with Crippen molar-refractivity contribution in [2.45, 2.75) is 12.5 Å². The minimum absolute atomic E-state index is 0.0705. The van der Waals surface area contributed by atoms with E-state index in [2.05, 4.69) is 10.5 Å². The van der Waals surface area contributed by atoms with Gasteiger partial charge >= 0.3 is 5.97 Å². The molecule has 1 atom stereocenters. The van der Waals surface area contributed by atoms with E-state index < -0.39 is 5.97 Å². The van der Waals surface area contributed by atoms with Gasteiger partial charge in [-0.05, 0) is 6.42 Å². The Morgan fingerprint density at radius 2 is 2.58 bits per heavy atom. The van der Waals surface area contributed by atoms with Crippen molar-refractivity contribution in [3.05, 3.63) is 23.8 Å². The van der Waals surface area contributed by atoms with Crippen molar-refractivity contribution in [3.63, 3.8) is 0 Å². The molecule has 0 aromatic carbocycles. The van der Waals surface area contributed by atoms with E-state index in [9.17, 15) is 4.79 Å². The molecule has 0 amide bonds. The third-order valence-corrected chi connectivity index (χ3v) is 1.97. The number of carbonyl (C=O) groups is 1. The summed E-state index contributed by atoms with van der Waals surface area (Å²) in [4.78, 5) is 10.6. The highest BCUT2D eigenvalue weighted by molar-refractivity contribution is 6.43. The number of rotatable bonds is 1. The summed E-state index contributed by atoms with van der Waals surface area (Å²) in [5.41, 5.74) is 3.70. The molecule has 1 aliphatic carbocycles. The SMILES string of the molecule is O=C(O)C1=NNC2CC=CC=C12. The van der Waals surface area contributed by atoms with Crippen LogP contribution in [-0.2, 0) is 4.79 Å². The van der Waals surface area contributed by atoms with E-state index in [0.717, 1.165) is 12.0 Å². The molecule has 1 unspecified atom stereocenters. The van der Waals surface area contributed by atoms with Crippen molar-refractivity contribution in [1.29, 1.82) is 0 Å². The fourth-order valence-corrected chi connectivity index (χ4v) is 1.37. The Labute approximate surface area is 69.3 Å². The summed E-state index contributed by atoms with van der Waals surface area (Å²) in [6, 6.07) is 0.0705. The highest BCUT2D eigenvalue weighted by atomic mass is 16.4. The van der Waals surface area contributed by atoms with E-state index in [-0.39, 0.29) is 11.8 Å². The largest absolute Gasteiger partial charge is 0.476 e. The first-order valence-corrected chi connectivity index (χ1v) is 3.72. The van der Waals surface area contributed by atoms with E-state index in [0.29, 0.717) is 0 Å². The number of hydrazone groups is 1. The van der Waals surface area contributed by atoms with Gasteiger partial charge in [-0.25, -0.2) is 4.79 Å². The number of carboxylic acids is 1. The topological polar surface area (TPSA) is 61.7 Å². The summed E-state index contributed by atoms with van der Waals surface area (Å²) in [7, 11) is 0. The van der Waals surface area contributed by atoms with Crippen molar-refractivity contribution in [2.75, 3.05) is 0 Å². The van der Waals surface area contributed by atoms with Crippen molar-refractivity contribution in [2.24, 2.45) is 5.10 Å². The molecule has 0 fully saturated rings. The predicted octanol–water partition coefficient (Wildman–Crippen LogP) is 0.285. The second kappa shape index (κ2) is 2.48. The zero-order valence-corrected chi connectivity index (χ0v) is 6.32. The zero-order chi connectivity index (χ0) is 8.55. The number of nitrogens with one attached hydrogen (secondary N) is 1. The predicted molar refractivity (Wildman–Crippen MR) is 43.8 cm³/mol. The number of nitrogens with zero attached hydrogens (tertiary/aromatic N) is 1. The number of allylic oxidation sites excluding steroid dienone is 2. The minimum atomic E-state index is -0.966. The van der Waals surface area contributed by atoms with Gasteiger partial charge in [-0.3, -0.25) is 0 Å². The van der Waals surface area contributed by atoms with E-state index >= 15 is 0 Å². The fourth-order valence-electron chi connectivity index (χ4n) is 1.37. The van der Waals surface area contributed by atoms with Gasteiger partial charge in [0.05, 0.1) is 6.04 Å². The third kappa shape index (κ3) is 0.922. The van der Waals surface area contributed by atoms with Crippen LogP contribution >= 0.6 is 0 Å². The molecule has 0 aromatic rings. The number of carboxylic acid groups (broad SMARTS) is 1. The van der Waals surface area contributed by atoms with Crippen LogP contribution in [0, 0.1) is 0 Å². The average Bonchev–Trinajstić information content (AvgIpc) is 2.47. The number of aliphatic carboxylic acids is 1. The van der Waals surface area contributed by atoms with Crippen LogP contribution in [0.1, 0.15) is 6.42 Å². The van der Waals surface area contributed by atoms with E-state index in [1.165, 1.54) is 0 Å². The lowest BCUT2D eigenvalue weighted by Gasteiger charge is -2.11. The summed E-state index contributed by atoms with van der Waals surface area (Å²) in [5.74, 6) is -0.966. The quantitative estimate of drug-likeness (QED) is 0.585. The molecule has 0 bridgehead atoms. The summed E-state index contributed by atoms with van der Waals surface area (Å²) < 4.78 is 0. The van der Waals surface area contributed by atoms with Gasteiger partial charge in [0.1, 0.15) is 0 Å². The standard InChI is InChI=1S/C8H8N2O2/c11-8(12)7-5-3-1-2-4-6(5)9-10-7/h1-3,6,9H,4H2,(H,11,12). The number of fused-ring (bicyclic) bond motifs is 1. The van der Waals surface area contributed by atoms with Crippen LogP contribution in [0.2, 0.25) is 0 Å². The van der Waals surface area contributed by atoms with Crippen molar-refractivity contribution in [3.8, 4) is 0 Å². The first-order valence-electron chi connectivity index (χ1n) is 3.72. The average molecular weight is 164 g/mol. The lowest BCUT2D eigenvalue weighted by molar-refractivity contribution is -0.129. The smallest absolute Gasteiger partial charge is 0.356 e. The molecular weight excluding hydrogens is 156 g/mol. The van der Waals surface area contributed by atoms with E-state index in [1.54, 1.807) is 6.08 Å². The van der Waals surface area contributed by atoms with Crippen LogP contribution < -0.4 is 5.43 Å². The summed E-state index contributed by atoms with van der Waals surface area (Å²) in [6.07, 6.45) is 6.45. The van der Waals surface area contributed by atoms with Gasteiger partial charge in [0.2, 0.25) is 0 Å². The summed E-state index contributed by atoms with van der Waals surface area (Å²) in [5, 5.41) is 12.5. The molecule has 62 valence electrons. The van der Waals surface area contributed by atoms with Crippen LogP contribution in [0.3, 0.4) is 0 Å². The Hall–Kier alpha value is -1.58. The summed E-state index contributed by atoms with van der Waals surface area (Å²) >= 11 is 0. The maximum atomic E-state index is 10.6. The maximum absolute atomic E-state index is 10.6. The monoisotopic (exact) mass is 164 g/mol. The van der Waals surface area contributed by atoms with Crippen molar-refractivity contribution < 1.29 is 9.90 Å². The van der Waals surface area contributed by atoms with Crippen LogP contribution in [0.15, 0.2) is 28.9 Å². The van der Waals surface area contributed by atoms with Gasteiger partial charge < -0.3 is 10.5 Å². The second-order valence-electron chi connectivity index (χ2n) is 2.73. The van der Waals surface area contributed by atoms with Crippen LogP contribution in [-0.4, -0.2) is 22.8 Å².